The number of aryl methyl sites for hydroxylation is 1. The van der Waals surface area contributed by atoms with Crippen LogP contribution in [0.1, 0.15) is 21.9 Å². The van der Waals surface area contributed by atoms with Gasteiger partial charge in [-0.05, 0) is 43.3 Å². The Balaban J connectivity index is 2.06. The normalized spacial score (nSPS) is 10.8. The molecule has 94 valence electrons. The quantitative estimate of drug-likeness (QED) is 0.658. The summed E-state index contributed by atoms with van der Waals surface area (Å²) in [6.45, 7) is 1.81. The summed E-state index contributed by atoms with van der Waals surface area (Å²) < 4.78 is 18.5. The summed E-state index contributed by atoms with van der Waals surface area (Å²) in [7, 11) is 0. The van der Waals surface area contributed by atoms with E-state index in [4.69, 9.17) is 4.42 Å². The SMILES string of the molecule is Cc1cccc(C(=O)c2cc3cc(F)ccc3o2)n1. The van der Waals surface area contributed by atoms with Crippen molar-refractivity contribution in [3.05, 3.63) is 65.4 Å². The van der Waals surface area contributed by atoms with Crippen LogP contribution in [0, 0.1) is 12.7 Å². The predicted molar refractivity (Wildman–Crippen MR) is 68.6 cm³/mol. The Hall–Kier alpha value is -2.49. The molecular weight excluding hydrogens is 245 g/mol. The molecule has 19 heavy (non-hydrogen) atoms. The number of rotatable bonds is 2. The van der Waals surface area contributed by atoms with Gasteiger partial charge in [-0.3, -0.25) is 4.79 Å². The molecule has 0 spiro atoms. The molecule has 0 N–H and O–H groups in total. The standard InChI is InChI=1S/C15H10FNO2/c1-9-3-2-4-12(17-9)15(18)14-8-10-7-11(16)5-6-13(10)19-14/h2-8H,1H3. The number of aromatic nitrogens is 1. The third-order valence-electron chi connectivity index (χ3n) is 2.82. The summed E-state index contributed by atoms with van der Waals surface area (Å²) in [5.74, 6) is -0.500. The number of nitrogens with zero attached hydrogens (tertiary/aromatic N) is 1. The van der Waals surface area contributed by atoms with Crippen LogP contribution in [0.3, 0.4) is 0 Å². The molecule has 0 fully saturated rings. The molecule has 1 aromatic carbocycles. The molecule has 0 saturated carbocycles. The predicted octanol–water partition coefficient (Wildman–Crippen LogP) is 3.51. The summed E-state index contributed by atoms with van der Waals surface area (Å²) >= 11 is 0. The number of carbonyl (C=O) groups is 1. The summed E-state index contributed by atoms with van der Waals surface area (Å²) in [5, 5.41) is 0.566. The van der Waals surface area contributed by atoms with Crippen LogP contribution in [0.5, 0.6) is 0 Å². The second-order valence-corrected chi connectivity index (χ2v) is 4.29. The minimum absolute atomic E-state index is 0.165. The number of pyridine rings is 1. The van der Waals surface area contributed by atoms with Gasteiger partial charge in [-0.1, -0.05) is 6.07 Å². The molecule has 2 heterocycles. The molecule has 3 rings (SSSR count). The van der Waals surface area contributed by atoms with Crippen molar-refractivity contribution >= 4 is 16.8 Å². The van der Waals surface area contributed by atoms with Crippen LogP contribution in [0.4, 0.5) is 4.39 Å². The second-order valence-electron chi connectivity index (χ2n) is 4.29. The van der Waals surface area contributed by atoms with E-state index in [1.54, 1.807) is 12.1 Å². The van der Waals surface area contributed by atoms with E-state index in [0.717, 1.165) is 5.69 Å². The first-order valence-electron chi connectivity index (χ1n) is 5.81. The van der Waals surface area contributed by atoms with Crippen molar-refractivity contribution in [2.24, 2.45) is 0 Å². The zero-order valence-corrected chi connectivity index (χ0v) is 10.2. The molecule has 4 heteroatoms. The molecule has 0 bridgehead atoms. The van der Waals surface area contributed by atoms with Gasteiger partial charge in [0.1, 0.15) is 17.1 Å². The summed E-state index contributed by atoms with van der Waals surface area (Å²) in [4.78, 5) is 16.4. The van der Waals surface area contributed by atoms with E-state index in [1.165, 1.54) is 24.3 Å². The number of hydrogen-bond acceptors (Lipinski definition) is 3. The lowest BCUT2D eigenvalue weighted by Crippen LogP contribution is -2.03. The largest absolute Gasteiger partial charge is 0.453 e. The number of carbonyl (C=O) groups excluding carboxylic acids is 1. The number of halogens is 1. The lowest BCUT2D eigenvalue weighted by molar-refractivity contribution is 0.101. The van der Waals surface area contributed by atoms with Gasteiger partial charge < -0.3 is 4.42 Å². The summed E-state index contributed by atoms with van der Waals surface area (Å²) in [5.41, 5.74) is 1.56. The average molecular weight is 255 g/mol. The fourth-order valence-electron chi connectivity index (χ4n) is 1.92. The Morgan fingerprint density at radius 3 is 2.84 bits per heavy atom. The molecule has 0 aliphatic carbocycles. The molecule has 0 aliphatic rings. The number of fused-ring (bicyclic) bond motifs is 1. The zero-order valence-electron chi connectivity index (χ0n) is 10.2. The Bertz CT molecular complexity index is 777. The summed E-state index contributed by atoms with van der Waals surface area (Å²) in [6.07, 6.45) is 0. The smallest absolute Gasteiger partial charge is 0.246 e. The highest BCUT2D eigenvalue weighted by molar-refractivity contribution is 6.07. The monoisotopic (exact) mass is 255 g/mol. The Morgan fingerprint density at radius 2 is 2.05 bits per heavy atom. The highest BCUT2D eigenvalue weighted by Crippen LogP contribution is 2.22. The molecule has 0 unspecified atom stereocenters. The first-order chi connectivity index (χ1) is 9.13. The van der Waals surface area contributed by atoms with E-state index < -0.39 is 0 Å². The number of ketones is 1. The van der Waals surface area contributed by atoms with Crippen LogP contribution in [-0.2, 0) is 0 Å². The molecule has 0 saturated heterocycles. The van der Waals surface area contributed by atoms with Gasteiger partial charge in [-0.2, -0.15) is 0 Å². The molecule has 3 nitrogen and oxygen atoms in total. The van der Waals surface area contributed by atoms with E-state index in [1.807, 2.05) is 13.0 Å². The molecule has 0 radical (unpaired) electrons. The van der Waals surface area contributed by atoms with Gasteiger partial charge in [-0.15, -0.1) is 0 Å². The van der Waals surface area contributed by atoms with Crippen LogP contribution < -0.4 is 0 Å². The second kappa shape index (κ2) is 4.31. The average Bonchev–Trinajstić information content (AvgIpc) is 2.80. The Kier molecular flexibility index (Phi) is 2.63. The van der Waals surface area contributed by atoms with Crippen LogP contribution in [-0.4, -0.2) is 10.8 Å². The maximum atomic E-state index is 13.1. The van der Waals surface area contributed by atoms with Crippen molar-refractivity contribution in [3.63, 3.8) is 0 Å². The van der Waals surface area contributed by atoms with Crippen molar-refractivity contribution < 1.29 is 13.6 Å². The maximum Gasteiger partial charge on any atom is 0.246 e. The van der Waals surface area contributed by atoms with E-state index >= 15 is 0 Å². The van der Waals surface area contributed by atoms with Crippen molar-refractivity contribution in [3.8, 4) is 0 Å². The van der Waals surface area contributed by atoms with Crippen molar-refractivity contribution in [2.45, 2.75) is 6.92 Å². The minimum Gasteiger partial charge on any atom is -0.453 e. The topological polar surface area (TPSA) is 43.1 Å². The Labute approximate surface area is 108 Å². The maximum absolute atomic E-state index is 13.1. The van der Waals surface area contributed by atoms with E-state index in [2.05, 4.69) is 4.98 Å². The van der Waals surface area contributed by atoms with Gasteiger partial charge in [0, 0.05) is 11.1 Å². The highest BCUT2D eigenvalue weighted by atomic mass is 19.1. The molecule has 0 atom stereocenters. The molecule has 2 aromatic heterocycles. The van der Waals surface area contributed by atoms with Gasteiger partial charge in [-0.25, -0.2) is 9.37 Å². The van der Waals surface area contributed by atoms with E-state index in [0.29, 0.717) is 16.7 Å². The fourth-order valence-corrected chi connectivity index (χ4v) is 1.92. The van der Waals surface area contributed by atoms with Crippen LogP contribution in [0.15, 0.2) is 46.9 Å². The number of hydrogen-bond donors (Lipinski definition) is 0. The third kappa shape index (κ3) is 2.12. The van der Waals surface area contributed by atoms with Crippen molar-refractivity contribution in [1.29, 1.82) is 0 Å². The van der Waals surface area contributed by atoms with Crippen LogP contribution in [0.25, 0.3) is 11.0 Å². The molecular formula is C15H10FNO2. The highest BCUT2D eigenvalue weighted by Gasteiger charge is 2.16. The number of furan rings is 1. The van der Waals surface area contributed by atoms with Crippen molar-refractivity contribution in [2.75, 3.05) is 0 Å². The first kappa shape index (κ1) is 11.6. The molecule has 0 aliphatic heterocycles. The molecule has 0 amide bonds. The van der Waals surface area contributed by atoms with Gasteiger partial charge in [0.15, 0.2) is 5.76 Å². The lowest BCUT2D eigenvalue weighted by Gasteiger charge is -1.97. The summed E-state index contributed by atoms with van der Waals surface area (Å²) in [6, 6.07) is 10.9. The third-order valence-corrected chi connectivity index (χ3v) is 2.82. The van der Waals surface area contributed by atoms with Crippen molar-refractivity contribution in [1.82, 2.24) is 4.98 Å². The van der Waals surface area contributed by atoms with Crippen LogP contribution >= 0.6 is 0 Å². The lowest BCUT2D eigenvalue weighted by atomic mass is 10.2. The Morgan fingerprint density at radius 1 is 1.21 bits per heavy atom. The number of benzene rings is 1. The van der Waals surface area contributed by atoms with E-state index in [-0.39, 0.29) is 17.4 Å². The molecule has 3 aromatic rings. The van der Waals surface area contributed by atoms with Gasteiger partial charge >= 0.3 is 0 Å². The van der Waals surface area contributed by atoms with E-state index in [9.17, 15) is 9.18 Å². The van der Waals surface area contributed by atoms with Crippen LogP contribution in [0.2, 0.25) is 0 Å². The van der Waals surface area contributed by atoms with Gasteiger partial charge in [0.2, 0.25) is 5.78 Å². The zero-order chi connectivity index (χ0) is 13.4. The fraction of sp³-hybridized carbons (Fsp3) is 0.0667. The minimum atomic E-state index is -0.360. The first-order valence-corrected chi connectivity index (χ1v) is 5.81. The van der Waals surface area contributed by atoms with Gasteiger partial charge in [0.25, 0.3) is 0 Å². The van der Waals surface area contributed by atoms with Gasteiger partial charge in [0.05, 0.1) is 0 Å².